The number of aromatic nitrogens is 4. The number of fused-ring (bicyclic) bond motifs is 3. The summed E-state index contributed by atoms with van der Waals surface area (Å²) in [7, 11) is 0. The third-order valence-corrected chi connectivity index (χ3v) is 7.48. The summed E-state index contributed by atoms with van der Waals surface area (Å²) in [6.07, 6.45) is 9.81. The molecule has 5 aromatic rings. The number of hydrogen-bond donors (Lipinski definition) is 1. The summed E-state index contributed by atoms with van der Waals surface area (Å²) in [5.74, 6) is 0.990. The molecule has 2 N–H and O–H groups in total. The minimum absolute atomic E-state index is 0. The molecular formula is C30H33Cl2N5. The highest BCUT2D eigenvalue weighted by Gasteiger charge is 2.29. The molecule has 0 spiro atoms. The number of nitrogens with two attached hydrogens (primary N) is 1. The number of benzene rings is 2. The molecule has 0 bridgehead atoms. The predicted octanol–water partition coefficient (Wildman–Crippen LogP) is 7.53. The second kappa shape index (κ2) is 11.2. The average Bonchev–Trinajstić information content (AvgIpc) is 3.32. The highest BCUT2D eigenvalue weighted by molar-refractivity contribution is 5.98. The first kappa shape index (κ1) is 27.1. The molecule has 0 atom stereocenters. The molecule has 3 aromatic heterocycles. The van der Waals surface area contributed by atoms with E-state index in [-0.39, 0.29) is 30.4 Å². The van der Waals surface area contributed by atoms with Crippen LogP contribution in [0.15, 0.2) is 72.9 Å². The van der Waals surface area contributed by atoms with Crippen molar-refractivity contribution in [2.24, 2.45) is 5.73 Å². The Hall–Kier alpha value is -2.99. The molecule has 6 rings (SSSR count). The average molecular weight is 535 g/mol. The molecule has 0 saturated heterocycles. The molecule has 1 aliphatic rings. The number of halogens is 2. The van der Waals surface area contributed by atoms with Crippen molar-refractivity contribution in [1.29, 1.82) is 0 Å². The van der Waals surface area contributed by atoms with E-state index in [2.05, 4.69) is 82.2 Å². The van der Waals surface area contributed by atoms with E-state index in [1.165, 1.54) is 24.8 Å². The van der Waals surface area contributed by atoms with Crippen molar-refractivity contribution in [1.82, 2.24) is 19.6 Å². The Bertz CT molecular complexity index is 1490. The Morgan fingerprint density at radius 3 is 2.30 bits per heavy atom. The maximum Gasteiger partial charge on any atom is 0.170 e. The van der Waals surface area contributed by atoms with Gasteiger partial charge in [-0.25, -0.2) is 4.98 Å². The first-order valence-electron chi connectivity index (χ1n) is 12.8. The fourth-order valence-corrected chi connectivity index (χ4v) is 5.53. The SMILES string of the molecule is CCCc1nnc2c3cc(-c4ccccc4)c(-c4ccc(C5(N)CCCCC5)cc4)nc3ccn12.Cl.Cl. The van der Waals surface area contributed by atoms with Crippen LogP contribution in [0.5, 0.6) is 0 Å². The molecule has 3 heterocycles. The lowest BCUT2D eigenvalue weighted by Crippen LogP contribution is -2.38. The van der Waals surface area contributed by atoms with Crippen LogP contribution >= 0.6 is 24.8 Å². The molecule has 0 radical (unpaired) electrons. The normalized spacial score (nSPS) is 14.8. The molecule has 5 nitrogen and oxygen atoms in total. The van der Waals surface area contributed by atoms with Crippen LogP contribution in [-0.4, -0.2) is 19.6 Å². The highest BCUT2D eigenvalue weighted by Crippen LogP contribution is 2.38. The summed E-state index contributed by atoms with van der Waals surface area (Å²) in [4.78, 5) is 5.17. The van der Waals surface area contributed by atoms with Gasteiger partial charge < -0.3 is 5.73 Å². The molecule has 7 heteroatoms. The smallest absolute Gasteiger partial charge is 0.170 e. The Balaban J connectivity index is 0.00000160. The van der Waals surface area contributed by atoms with Gasteiger partial charge in [0, 0.05) is 34.7 Å². The summed E-state index contributed by atoms with van der Waals surface area (Å²) >= 11 is 0. The Labute approximate surface area is 230 Å². The van der Waals surface area contributed by atoms with Gasteiger partial charge in [-0.05, 0) is 42.5 Å². The van der Waals surface area contributed by atoms with Crippen LogP contribution < -0.4 is 5.73 Å². The van der Waals surface area contributed by atoms with Crippen LogP contribution in [0.25, 0.3) is 38.9 Å². The fourth-order valence-electron chi connectivity index (χ4n) is 5.53. The Kier molecular flexibility index (Phi) is 8.17. The number of nitrogens with zero attached hydrogens (tertiary/aromatic N) is 4. The summed E-state index contributed by atoms with van der Waals surface area (Å²) in [5, 5.41) is 10.0. The van der Waals surface area contributed by atoms with Crippen molar-refractivity contribution in [2.45, 2.75) is 57.4 Å². The first-order valence-corrected chi connectivity index (χ1v) is 12.8. The van der Waals surface area contributed by atoms with Crippen molar-refractivity contribution >= 4 is 41.4 Å². The number of pyridine rings is 2. The van der Waals surface area contributed by atoms with Crippen molar-refractivity contribution in [3.05, 3.63) is 84.3 Å². The summed E-state index contributed by atoms with van der Waals surface area (Å²) in [5.41, 5.74) is 13.9. The van der Waals surface area contributed by atoms with Crippen molar-refractivity contribution in [2.75, 3.05) is 0 Å². The third kappa shape index (κ3) is 4.96. The lowest BCUT2D eigenvalue weighted by molar-refractivity contribution is 0.302. The van der Waals surface area contributed by atoms with Gasteiger partial charge in [0.25, 0.3) is 0 Å². The van der Waals surface area contributed by atoms with E-state index in [0.717, 1.165) is 70.4 Å². The van der Waals surface area contributed by atoms with Gasteiger partial charge in [-0.2, -0.15) is 0 Å². The molecule has 1 fully saturated rings. The zero-order valence-corrected chi connectivity index (χ0v) is 22.7. The Morgan fingerprint density at radius 2 is 1.59 bits per heavy atom. The van der Waals surface area contributed by atoms with Gasteiger partial charge >= 0.3 is 0 Å². The van der Waals surface area contributed by atoms with Crippen molar-refractivity contribution in [3.63, 3.8) is 0 Å². The van der Waals surface area contributed by atoms with E-state index in [4.69, 9.17) is 10.7 Å². The minimum atomic E-state index is -0.203. The lowest BCUT2D eigenvalue weighted by Gasteiger charge is -2.34. The molecule has 2 aromatic carbocycles. The van der Waals surface area contributed by atoms with Gasteiger partial charge in [-0.1, -0.05) is 80.8 Å². The van der Waals surface area contributed by atoms with Crippen LogP contribution in [0.4, 0.5) is 0 Å². The van der Waals surface area contributed by atoms with E-state index in [9.17, 15) is 0 Å². The van der Waals surface area contributed by atoms with Gasteiger partial charge in [-0.3, -0.25) is 4.40 Å². The first-order chi connectivity index (χ1) is 17.2. The summed E-state index contributed by atoms with van der Waals surface area (Å²) in [6.45, 7) is 2.16. The number of hydrogen-bond acceptors (Lipinski definition) is 4. The highest BCUT2D eigenvalue weighted by atomic mass is 35.5. The molecule has 0 amide bonds. The molecule has 192 valence electrons. The molecule has 37 heavy (non-hydrogen) atoms. The maximum absolute atomic E-state index is 6.81. The molecule has 1 saturated carbocycles. The molecule has 0 aliphatic heterocycles. The quantitative estimate of drug-likeness (QED) is 0.253. The topological polar surface area (TPSA) is 69.1 Å². The lowest BCUT2D eigenvalue weighted by atomic mass is 9.77. The van der Waals surface area contributed by atoms with Crippen LogP contribution in [0, 0.1) is 0 Å². The zero-order chi connectivity index (χ0) is 23.8. The maximum atomic E-state index is 6.81. The van der Waals surface area contributed by atoms with Crippen LogP contribution in [0.1, 0.15) is 56.8 Å². The fraction of sp³-hybridized carbons (Fsp3) is 0.300. The van der Waals surface area contributed by atoms with Crippen LogP contribution in [0.2, 0.25) is 0 Å². The van der Waals surface area contributed by atoms with Gasteiger partial charge in [0.2, 0.25) is 0 Å². The van der Waals surface area contributed by atoms with Gasteiger partial charge in [0.1, 0.15) is 5.82 Å². The standard InChI is InChI=1S/C30H31N5.2ClH/c1-2-9-27-33-34-29-25-20-24(21-10-5-3-6-11-21)28(32-26(25)16-19-35(27)29)22-12-14-23(15-13-22)30(31)17-7-4-8-18-30;;/h3,5-6,10-16,19-20H,2,4,7-9,17-18,31H2,1H3;2*1H. The van der Waals surface area contributed by atoms with Gasteiger partial charge in [0.15, 0.2) is 5.65 Å². The molecular weight excluding hydrogens is 501 g/mol. The number of rotatable bonds is 5. The second-order valence-electron chi connectivity index (χ2n) is 9.85. The summed E-state index contributed by atoms with van der Waals surface area (Å²) < 4.78 is 2.10. The van der Waals surface area contributed by atoms with E-state index in [1.807, 2.05) is 12.3 Å². The molecule has 1 aliphatic carbocycles. The van der Waals surface area contributed by atoms with Gasteiger partial charge in [-0.15, -0.1) is 35.0 Å². The van der Waals surface area contributed by atoms with E-state index < -0.39 is 0 Å². The van der Waals surface area contributed by atoms with Crippen molar-refractivity contribution < 1.29 is 0 Å². The number of aryl methyl sites for hydroxylation is 1. The van der Waals surface area contributed by atoms with Crippen LogP contribution in [0.3, 0.4) is 0 Å². The van der Waals surface area contributed by atoms with Gasteiger partial charge in [0.05, 0.1) is 11.2 Å². The van der Waals surface area contributed by atoms with E-state index >= 15 is 0 Å². The Morgan fingerprint density at radius 1 is 0.865 bits per heavy atom. The van der Waals surface area contributed by atoms with E-state index in [1.54, 1.807) is 0 Å². The van der Waals surface area contributed by atoms with Crippen molar-refractivity contribution in [3.8, 4) is 22.4 Å². The predicted molar refractivity (Wildman–Crippen MR) is 157 cm³/mol. The van der Waals surface area contributed by atoms with Crippen LogP contribution in [-0.2, 0) is 12.0 Å². The molecule has 0 unspecified atom stereocenters. The third-order valence-electron chi connectivity index (χ3n) is 7.48. The van der Waals surface area contributed by atoms with E-state index in [0.29, 0.717) is 0 Å². The summed E-state index contributed by atoms with van der Waals surface area (Å²) in [6, 6.07) is 23.6. The zero-order valence-electron chi connectivity index (χ0n) is 21.1. The largest absolute Gasteiger partial charge is 0.321 e. The second-order valence-corrected chi connectivity index (χ2v) is 9.85. The monoisotopic (exact) mass is 533 g/mol. The minimum Gasteiger partial charge on any atom is -0.321 e.